The number of benzene rings is 3. The van der Waals surface area contributed by atoms with E-state index in [1.165, 1.54) is 0 Å². The molecule has 41 heavy (non-hydrogen) atoms. The zero-order valence-corrected chi connectivity index (χ0v) is 25.0. The van der Waals surface area contributed by atoms with Crippen LogP contribution in [0.2, 0.25) is 5.02 Å². The number of alkyl carbamates (subject to hydrolysis) is 1. The average molecular weight is 574 g/mol. The van der Waals surface area contributed by atoms with Gasteiger partial charge >= 0.3 is 6.09 Å². The average Bonchev–Trinajstić information content (AvgIpc) is 2.87. The number of rotatable bonds is 8. The molecule has 0 bridgehead atoms. The lowest BCUT2D eigenvalue weighted by atomic mass is 9.97. The quantitative estimate of drug-likeness (QED) is 0.238. The van der Waals surface area contributed by atoms with Gasteiger partial charge in [0.25, 0.3) is 11.8 Å². The molecule has 0 aliphatic heterocycles. The molecule has 0 aliphatic rings. The van der Waals surface area contributed by atoms with Crippen molar-refractivity contribution in [3.63, 3.8) is 0 Å². The molecule has 2 unspecified atom stereocenters. The highest BCUT2D eigenvalue weighted by Crippen LogP contribution is 2.30. The van der Waals surface area contributed by atoms with Crippen LogP contribution in [0.3, 0.4) is 0 Å². The van der Waals surface area contributed by atoms with Crippen LogP contribution < -0.4 is 10.6 Å². The van der Waals surface area contributed by atoms with Crippen LogP contribution in [0, 0.1) is 33.2 Å². The van der Waals surface area contributed by atoms with Crippen LogP contribution in [0.15, 0.2) is 66.7 Å². The highest BCUT2D eigenvalue weighted by molar-refractivity contribution is 6.34. The van der Waals surface area contributed by atoms with Gasteiger partial charge in [-0.15, -0.1) is 0 Å². The van der Waals surface area contributed by atoms with Gasteiger partial charge in [0, 0.05) is 12.5 Å². The third-order valence-electron chi connectivity index (χ3n) is 6.18. The fraction of sp³-hybridized carbons (Fsp3) is 0.303. The monoisotopic (exact) mass is 573 g/mol. The second-order valence-corrected chi connectivity index (χ2v) is 11.4. The number of amides is 3. The van der Waals surface area contributed by atoms with Crippen LogP contribution in [0.5, 0.6) is 0 Å². The van der Waals surface area contributed by atoms with Crippen molar-refractivity contribution in [2.45, 2.75) is 65.6 Å². The number of carbonyl (C=O) groups is 3. The lowest BCUT2D eigenvalue weighted by Crippen LogP contribution is -2.51. The van der Waals surface area contributed by atoms with E-state index in [2.05, 4.69) is 16.7 Å². The highest BCUT2D eigenvalue weighted by atomic mass is 35.5. The van der Waals surface area contributed by atoms with E-state index in [1.54, 1.807) is 32.9 Å². The number of terminal acetylenes is 1. The number of carbonyl (C=O) groups excluding carboxylic acids is 3. The van der Waals surface area contributed by atoms with Gasteiger partial charge in [-0.3, -0.25) is 14.5 Å². The molecule has 2 atom stereocenters. The molecule has 0 radical (unpaired) electrons. The third kappa shape index (κ3) is 8.60. The van der Waals surface area contributed by atoms with Crippen molar-refractivity contribution in [1.82, 2.24) is 10.2 Å². The molecule has 3 aromatic carbocycles. The Morgan fingerprint density at radius 2 is 1.61 bits per heavy atom. The Labute approximate surface area is 247 Å². The lowest BCUT2D eigenvalue weighted by molar-refractivity contribution is -0.136. The van der Waals surface area contributed by atoms with Gasteiger partial charge in [0.05, 0.1) is 10.7 Å². The Kier molecular flexibility index (Phi) is 10.2. The number of hydrogen-bond acceptors (Lipinski definition) is 4. The zero-order chi connectivity index (χ0) is 30.3. The maximum atomic E-state index is 14.2. The first-order valence-corrected chi connectivity index (χ1v) is 13.6. The van der Waals surface area contributed by atoms with Gasteiger partial charge < -0.3 is 15.4 Å². The summed E-state index contributed by atoms with van der Waals surface area (Å²) < 4.78 is 5.43. The maximum absolute atomic E-state index is 14.2. The predicted octanol–water partition coefficient (Wildman–Crippen LogP) is 6.50. The molecule has 0 aromatic heterocycles. The SMILES string of the molecule is C#CN(C(=O)C(Cc1ccccc1)NC(=O)OC(C)(C)C)C(C(=O)Nc1c(C)cccc1Cl)c1cc(C)cc(C)c1. The van der Waals surface area contributed by atoms with E-state index in [1.807, 2.05) is 75.4 Å². The summed E-state index contributed by atoms with van der Waals surface area (Å²) in [5.41, 5.74) is 3.48. The number of anilines is 1. The van der Waals surface area contributed by atoms with E-state index >= 15 is 0 Å². The third-order valence-corrected chi connectivity index (χ3v) is 6.50. The first-order chi connectivity index (χ1) is 19.3. The van der Waals surface area contributed by atoms with Crippen molar-refractivity contribution in [2.24, 2.45) is 0 Å². The number of halogens is 1. The molecular weight excluding hydrogens is 538 g/mol. The van der Waals surface area contributed by atoms with Crippen LogP contribution >= 0.6 is 11.6 Å². The molecule has 8 heteroatoms. The largest absolute Gasteiger partial charge is 0.444 e. The van der Waals surface area contributed by atoms with Crippen molar-refractivity contribution >= 4 is 35.2 Å². The molecular formula is C33H36ClN3O4. The van der Waals surface area contributed by atoms with E-state index in [0.717, 1.165) is 27.2 Å². The summed E-state index contributed by atoms with van der Waals surface area (Å²) >= 11 is 6.40. The number of nitrogens with zero attached hydrogens (tertiary/aromatic N) is 1. The van der Waals surface area contributed by atoms with E-state index in [9.17, 15) is 14.4 Å². The second kappa shape index (κ2) is 13.4. The molecule has 0 saturated heterocycles. The molecule has 7 nitrogen and oxygen atoms in total. The molecule has 3 aromatic rings. The zero-order valence-electron chi connectivity index (χ0n) is 24.2. The summed E-state index contributed by atoms with van der Waals surface area (Å²) in [6.45, 7) is 10.8. The van der Waals surface area contributed by atoms with Crippen molar-refractivity contribution in [2.75, 3.05) is 5.32 Å². The molecule has 0 fully saturated rings. The Balaban J connectivity index is 2.07. The van der Waals surface area contributed by atoms with Gasteiger partial charge in [-0.1, -0.05) is 89.8 Å². The fourth-order valence-electron chi connectivity index (χ4n) is 4.50. The van der Waals surface area contributed by atoms with Gasteiger partial charge in [-0.25, -0.2) is 4.79 Å². The molecule has 0 aliphatic carbocycles. The Hall–Kier alpha value is -4.28. The molecule has 0 saturated carbocycles. The second-order valence-electron chi connectivity index (χ2n) is 11.0. The maximum Gasteiger partial charge on any atom is 0.408 e. The Morgan fingerprint density at radius 3 is 2.17 bits per heavy atom. The van der Waals surface area contributed by atoms with E-state index in [-0.39, 0.29) is 6.42 Å². The minimum absolute atomic E-state index is 0.127. The minimum Gasteiger partial charge on any atom is -0.444 e. The van der Waals surface area contributed by atoms with Gasteiger partial charge in [0.2, 0.25) is 0 Å². The van der Waals surface area contributed by atoms with Crippen molar-refractivity contribution in [3.05, 3.63) is 99.6 Å². The van der Waals surface area contributed by atoms with Crippen molar-refractivity contribution in [3.8, 4) is 12.5 Å². The minimum atomic E-state index is -1.22. The number of hydrogen-bond donors (Lipinski definition) is 2. The Bertz CT molecular complexity index is 1420. The summed E-state index contributed by atoms with van der Waals surface area (Å²) in [5, 5.41) is 5.90. The Morgan fingerprint density at radius 1 is 0.976 bits per heavy atom. The summed E-state index contributed by atoms with van der Waals surface area (Å²) in [6.07, 6.45) is 5.30. The van der Waals surface area contributed by atoms with Crippen LogP contribution in [0.4, 0.5) is 10.5 Å². The standard InChI is InChI=1S/C33H36ClN3O4/c1-8-37(31(39)27(20-24-14-10-9-11-15-24)35-32(40)41-33(5,6)7)29(25-18-21(2)17-22(3)19-25)30(38)36-28-23(4)13-12-16-26(28)34/h1,9-19,27,29H,20H2,2-7H3,(H,35,40)(H,36,38). The van der Waals surface area contributed by atoms with E-state index in [0.29, 0.717) is 16.3 Å². The molecule has 3 amide bonds. The van der Waals surface area contributed by atoms with Crippen LogP contribution in [-0.4, -0.2) is 34.5 Å². The number of ether oxygens (including phenoxy) is 1. The summed E-state index contributed by atoms with van der Waals surface area (Å²) in [4.78, 5) is 42.0. The van der Waals surface area contributed by atoms with Crippen molar-refractivity contribution in [1.29, 1.82) is 0 Å². The van der Waals surface area contributed by atoms with Gasteiger partial charge in [-0.2, -0.15) is 0 Å². The molecule has 2 N–H and O–H groups in total. The smallest absolute Gasteiger partial charge is 0.408 e. The molecule has 214 valence electrons. The van der Waals surface area contributed by atoms with Gasteiger partial charge in [0.1, 0.15) is 17.7 Å². The van der Waals surface area contributed by atoms with Crippen LogP contribution in [0.25, 0.3) is 0 Å². The van der Waals surface area contributed by atoms with Gasteiger partial charge in [-0.05, 0) is 64.3 Å². The normalized spacial score (nSPS) is 12.4. The summed E-state index contributed by atoms with van der Waals surface area (Å²) in [5.74, 6) is -1.19. The van der Waals surface area contributed by atoms with Gasteiger partial charge in [0.15, 0.2) is 0 Å². The molecule has 0 spiro atoms. The number of para-hydroxylation sites is 1. The van der Waals surface area contributed by atoms with Crippen LogP contribution in [0.1, 0.15) is 54.6 Å². The van der Waals surface area contributed by atoms with Crippen LogP contribution in [-0.2, 0) is 20.7 Å². The summed E-state index contributed by atoms with van der Waals surface area (Å²) in [6, 6.07) is 20.1. The lowest BCUT2D eigenvalue weighted by Gasteiger charge is -2.31. The first kappa shape index (κ1) is 31.3. The molecule has 3 rings (SSSR count). The van der Waals surface area contributed by atoms with E-state index in [4.69, 9.17) is 22.8 Å². The van der Waals surface area contributed by atoms with Crippen molar-refractivity contribution < 1.29 is 19.1 Å². The fourth-order valence-corrected chi connectivity index (χ4v) is 4.77. The highest BCUT2D eigenvalue weighted by Gasteiger charge is 2.36. The number of nitrogens with one attached hydrogen (secondary N) is 2. The summed E-state index contributed by atoms with van der Waals surface area (Å²) in [7, 11) is 0. The first-order valence-electron chi connectivity index (χ1n) is 13.3. The topological polar surface area (TPSA) is 87.7 Å². The molecule has 0 heterocycles. The van der Waals surface area contributed by atoms with E-state index < -0.39 is 35.6 Å². The number of aryl methyl sites for hydroxylation is 3. The predicted molar refractivity (Wildman–Crippen MR) is 162 cm³/mol.